The molecule has 0 bridgehead atoms. The Morgan fingerprint density at radius 2 is 2.15 bits per heavy atom. The first kappa shape index (κ1) is 15.3. The molecule has 0 radical (unpaired) electrons. The van der Waals surface area contributed by atoms with Crippen LogP contribution < -0.4 is 4.72 Å². The van der Waals surface area contributed by atoms with Crippen LogP contribution in [0.15, 0.2) is 17.0 Å². The molecule has 20 heavy (non-hydrogen) atoms. The van der Waals surface area contributed by atoms with Crippen LogP contribution in [0.25, 0.3) is 0 Å². The van der Waals surface area contributed by atoms with Crippen LogP contribution in [0, 0.1) is 11.6 Å². The summed E-state index contributed by atoms with van der Waals surface area (Å²) in [6.07, 6.45) is 1.31. The van der Waals surface area contributed by atoms with Crippen molar-refractivity contribution in [2.75, 3.05) is 13.2 Å². The quantitative estimate of drug-likeness (QED) is 0.848. The Labute approximate surface area is 115 Å². The predicted octanol–water partition coefficient (Wildman–Crippen LogP) is 0.914. The number of hydrogen-bond acceptors (Lipinski definition) is 4. The molecule has 8 heteroatoms. The minimum absolute atomic E-state index is 0.00669. The largest absolute Gasteiger partial charge is 0.392 e. The SMILES string of the molecule is O=S(=O)(NCC1CCCO1)c1cc(CO)cc(F)c1F. The number of halogens is 2. The number of sulfonamides is 1. The van der Waals surface area contributed by atoms with Gasteiger partial charge in [0.05, 0.1) is 12.7 Å². The van der Waals surface area contributed by atoms with Gasteiger partial charge in [-0.2, -0.15) is 0 Å². The first-order valence-electron chi connectivity index (χ1n) is 6.14. The maximum absolute atomic E-state index is 13.6. The van der Waals surface area contributed by atoms with Crippen molar-refractivity contribution in [2.24, 2.45) is 0 Å². The summed E-state index contributed by atoms with van der Waals surface area (Å²) in [6, 6.07) is 1.67. The van der Waals surface area contributed by atoms with Crippen molar-refractivity contribution in [3.8, 4) is 0 Å². The van der Waals surface area contributed by atoms with E-state index in [1.165, 1.54) is 0 Å². The van der Waals surface area contributed by atoms with E-state index in [0.717, 1.165) is 25.0 Å². The lowest BCUT2D eigenvalue weighted by molar-refractivity contribution is 0.114. The number of nitrogens with one attached hydrogen (secondary N) is 1. The lowest BCUT2D eigenvalue weighted by Gasteiger charge is -2.12. The highest BCUT2D eigenvalue weighted by atomic mass is 32.2. The van der Waals surface area contributed by atoms with E-state index in [0.29, 0.717) is 6.61 Å². The Kier molecular flexibility index (Phi) is 4.69. The number of aliphatic hydroxyl groups is 1. The summed E-state index contributed by atoms with van der Waals surface area (Å²) >= 11 is 0. The number of hydrogen-bond donors (Lipinski definition) is 2. The van der Waals surface area contributed by atoms with E-state index < -0.39 is 33.2 Å². The average Bonchev–Trinajstić information content (AvgIpc) is 2.92. The zero-order valence-electron chi connectivity index (χ0n) is 10.6. The van der Waals surface area contributed by atoms with Crippen molar-refractivity contribution in [1.82, 2.24) is 4.72 Å². The molecule has 1 atom stereocenters. The molecule has 2 N–H and O–H groups in total. The normalized spacial score (nSPS) is 19.4. The van der Waals surface area contributed by atoms with E-state index in [4.69, 9.17) is 9.84 Å². The second-order valence-corrected chi connectivity index (χ2v) is 6.27. The molecule has 1 saturated heterocycles. The summed E-state index contributed by atoms with van der Waals surface area (Å²) in [6.45, 7) is -0.00637. The van der Waals surface area contributed by atoms with Crippen molar-refractivity contribution >= 4 is 10.0 Å². The first-order valence-corrected chi connectivity index (χ1v) is 7.62. The van der Waals surface area contributed by atoms with Gasteiger partial charge in [-0.05, 0) is 30.5 Å². The fourth-order valence-electron chi connectivity index (χ4n) is 1.99. The zero-order chi connectivity index (χ0) is 14.8. The molecule has 0 aliphatic carbocycles. The molecule has 112 valence electrons. The maximum atomic E-state index is 13.6. The molecule has 0 aromatic heterocycles. The molecule has 5 nitrogen and oxygen atoms in total. The van der Waals surface area contributed by atoms with Gasteiger partial charge in [0, 0.05) is 13.2 Å². The van der Waals surface area contributed by atoms with Crippen molar-refractivity contribution < 1.29 is 27.0 Å². The van der Waals surface area contributed by atoms with E-state index >= 15 is 0 Å². The topological polar surface area (TPSA) is 75.6 Å². The van der Waals surface area contributed by atoms with Crippen LogP contribution in [0.1, 0.15) is 18.4 Å². The van der Waals surface area contributed by atoms with Gasteiger partial charge in [-0.25, -0.2) is 21.9 Å². The number of aliphatic hydroxyl groups excluding tert-OH is 1. The van der Waals surface area contributed by atoms with Gasteiger partial charge in [0.1, 0.15) is 4.90 Å². The summed E-state index contributed by atoms with van der Waals surface area (Å²) in [4.78, 5) is -0.806. The molecule has 0 saturated carbocycles. The van der Waals surface area contributed by atoms with E-state index in [9.17, 15) is 17.2 Å². The molecular formula is C12H15F2NO4S. The molecule has 1 aromatic rings. The molecule has 0 amide bonds. The third-order valence-corrected chi connectivity index (χ3v) is 4.47. The summed E-state index contributed by atoms with van der Waals surface area (Å²) in [7, 11) is -4.19. The number of ether oxygens (including phenoxy) is 1. The lowest BCUT2D eigenvalue weighted by Crippen LogP contribution is -2.32. The molecule has 0 spiro atoms. The van der Waals surface area contributed by atoms with Gasteiger partial charge in [0.2, 0.25) is 10.0 Å². The molecule has 1 aliphatic heterocycles. The summed E-state index contributed by atoms with van der Waals surface area (Å²) in [5.74, 6) is -2.77. The van der Waals surface area contributed by atoms with Gasteiger partial charge in [-0.3, -0.25) is 0 Å². The van der Waals surface area contributed by atoms with E-state index in [-0.39, 0.29) is 18.2 Å². The van der Waals surface area contributed by atoms with Crippen LogP contribution in [0.3, 0.4) is 0 Å². The molecule has 1 aromatic carbocycles. The van der Waals surface area contributed by atoms with E-state index in [1.807, 2.05) is 0 Å². The average molecular weight is 307 g/mol. The van der Waals surface area contributed by atoms with Crippen LogP contribution >= 0.6 is 0 Å². The van der Waals surface area contributed by atoms with Crippen molar-refractivity contribution in [3.05, 3.63) is 29.3 Å². The van der Waals surface area contributed by atoms with Gasteiger partial charge in [0.25, 0.3) is 0 Å². The molecule has 1 aliphatic rings. The summed E-state index contributed by atoms with van der Waals surface area (Å²) in [5.41, 5.74) is -0.0126. The number of benzene rings is 1. The summed E-state index contributed by atoms with van der Waals surface area (Å²) < 4.78 is 58.3. The molecule has 1 heterocycles. The van der Waals surface area contributed by atoms with Crippen molar-refractivity contribution in [1.29, 1.82) is 0 Å². The molecule has 1 unspecified atom stereocenters. The molecule has 2 rings (SSSR count). The first-order chi connectivity index (χ1) is 9.44. The fraction of sp³-hybridized carbons (Fsp3) is 0.500. The minimum atomic E-state index is -4.19. The van der Waals surface area contributed by atoms with E-state index in [2.05, 4.69) is 4.72 Å². The molecular weight excluding hydrogens is 292 g/mol. The second kappa shape index (κ2) is 6.13. The highest BCUT2D eigenvalue weighted by molar-refractivity contribution is 7.89. The number of rotatable bonds is 5. The van der Waals surface area contributed by atoms with Crippen LogP contribution in [0.2, 0.25) is 0 Å². The van der Waals surface area contributed by atoms with Gasteiger partial charge >= 0.3 is 0 Å². The summed E-state index contributed by atoms with van der Waals surface area (Å²) in [5, 5.41) is 8.92. The van der Waals surface area contributed by atoms with Crippen LogP contribution in [0.5, 0.6) is 0 Å². The highest BCUT2D eigenvalue weighted by Crippen LogP contribution is 2.20. The smallest absolute Gasteiger partial charge is 0.243 e. The highest BCUT2D eigenvalue weighted by Gasteiger charge is 2.25. The second-order valence-electron chi connectivity index (χ2n) is 4.53. The Bertz CT molecular complexity index is 585. The predicted molar refractivity (Wildman–Crippen MR) is 66.4 cm³/mol. The Balaban J connectivity index is 2.21. The van der Waals surface area contributed by atoms with Crippen molar-refractivity contribution in [2.45, 2.75) is 30.4 Å². The third kappa shape index (κ3) is 3.32. The Morgan fingerprint density at radius 1 is 1.40 bits per heavy atom. The Hall–Kier alpha value is -1.09. The fourth-order valence-corrected chi connectivity index (χ4v) is 3.19. The van der Waals surface area contributed by atoms with Gasteiger partial charge in [-0.1, -0.05) is 0 Å². The van der Waals surface area contributed by atoms with Gasteiger partial charge in [0.15, 0.2) is 11.6 Å². The van der Waals surface area contributed by atoms with Crippen LogP contribution in [-0.2, 0) is 21.4 Å². The monoisotopic (exact) mass is 307 g/mol. The minimum Gasteiger partial charge on any atom is -0.392 e. The van der Waals surface area contributed by atoms with Crippen LogP contribution in [0.4, 0.5) is 8.78 Å². The Morgan fingerprint density at radius 3 is 2.75 bits per heavy atom. The maximum Gasteiger partial charge on any atom is 0.243 e. The van der Waals surface area contributed by atoms with Gasteiger partial charge in [-0.15, -0.1) is 0 Å². The molecule has 1 fully saturated rings. The lowest BCUT2D eigenvalue weighted by atomic mass is 10.2. The van der Waals surface area contributed by atoms with Crippen molar-refractivity contribution in [3.63, 3.8) is 0 Å². The zero-order valence-corrected chi connectivity index (χ0v) is 11.4. The third-order valence-electron chi connectivity index (χ3n) is 3.05. The van der Waals surface area contributed by atoms with Crippen LogP contribution in [-0.4, -0.2) is 32.8 Å². The van der Waals surface area contributed by atoms with E-state index in [1.54, 1.807) is 0 Å². The standard InChI is InChI=1S/C12H15F2NO4S/c13-10-4-8(7-16)5-11(12(10)14)20(17,18)15-6-9-2-1-3-19-9/h4-5,9,15-16H,1-3,6-7H2. The van der Waals surface area contributed by atoms with Gasteiger partial charge < -0.3 is 9.84 Å².